The zero-order chi connectivity index (χ0) is 13.7. The number of benzene rings is 1. The third-order valence-corrected chi connectivity index (χ3v) is 2.80. The standard InChI is InChI=1S/C14H18N4O/c1-2-3-9-16-14(19)13-8-10-18(17-13)12-6-4-11(15)5-7-12/h4-8,10H,2-3,9,15H2,1H3,(H,16,19). The molecule has 0 radical (unpaired) electrons. The van der Waals surface area contributed by atoms with Crippen molar-refractivity contribution in [1.82, 2.24) is 15.1 Å². The lowest BCUT2D eigenvalue weighted by atomic mass is 10.3. The predicted octanol–water partition coefficient (Wildman–Crippen LogP) is 1.98. The maximum Gasteiger partial charge on any atom is 0.271 e. The Morgan fingerprint density at radius 2 is 2.05 bits per heavy atom. The minimum Gasteiger partial charge on any atom is -0.399 e. The number of rotatable bonds is 5. The summed E-state index contributed by atoms with van der Waals surface area (Å²) in [7, 11) is 0. The van der Waals surface area contributed by atoms with E-state index in [1.54, 1.807) is 29.1 Å². The molecule has 2 rings (SSSR count). The summed E-state index contributed by atoms with van der Waals surface area (Å²) in [5.41, 5.74) is 7.64. The van der Waals surface area contributed by atoms with Crippen LogP contribution in [0.2, 0.25) is 0 Å². The summed E-state index contributed by atoms with van der Waals surface area (Å²) in [5.74, 6) is -0.136. The number of nitrogens with one attached hydrogen (secondary N) is 1. The van der Waals surface area contributed by atoms with Gasteiger partial charge in [0, 0.05) is 18.4 Å². The summed E-state index contributed by atoms with van der Waals surface area (Å²) in [6.07, 6.45) is 3.80. The number of nitrogen functional groups attached to an aromatic ring is 1. The molecular weight excluding hydrogens is 240 g/mol. The van der Waals surface area contributed by atoms with Crippen molar-refractivity contribution in [2.45, 2.75) is 19.8 Å². The van der Waals surface area contributed by atoms with Gasteiger partial charge in [-0.15, -0.1) is 0 Å². The van der Waals surface area contributed by atoms with Crippen molar-refractivity contribution >= 4 is 11.6 Å². The highest BCUT2D eigenvalue weighted by Gasteiger charge is 2.09. The van der Waals surface area contributed by atoms with Gasteiger partial charge in [0.25, 0.3) is 5.91 Å². The van der Waals surface area contributed by atoms with Gasteiger partial charge in [0.15, 0.2) is 5.69 Å². The van der Waals surface area contributed by atoms with Gasteiger partial charge in [-0.3, -0.25) is 4.79 Å². The predicted molar refractivity (Wildman–Crippen MR) is 75.2 cm³/mol. The van der Waals surface area contributed by atoms with Crippen LogP contribution >= 0.6 is 0 Å². The molecule has 0 saturated carbocycles. The summed E-state index contributed by atoms with van der Waals surface area (Å²) < 4.78 is 1.66. The summed E-state index contributed by atoms with van der Waals surface area (Å²) in [4.78, 5) is 11.8. The molecule has 0 aliphatic heterocycles. The maximum atomic E-state index is 11.8. The van der Waals surface area contributed by atoms with Crippen LogP contribution < -0.4 is 11.1 Å². The van der Waals surface area contributed by atoms with Crippen LogP contribution in [0.1, 0.15) is 30.3 Å². The Bertz CT molecular complexity index is 545. The minimum absolute atomic E-state index is 0.136. The molecule has 19 heavy (non-hydrogen) atoms. The topological polar surface area (TPSA) is 72.9 Å². The molecular formula is C14H18N4O. The van der Waals surface area contributed by atoms with E-state index in [0.717, 1.165) is 18.5 Å². The normalized spacial score (nSPS) is 10.4. The molecule has 1 aromatic heterocycles. The van der Waals surface area contributed by atoms with E-state index in [0.29, 0.717) is 17.9 Å². The van der Waals surface area contributed by atoms with Crippen LogP contribution in [-0.2, 0) is 0 Å². The van der Waals surface area contributed by atoms with E-state index in [1.165, 1.54) is 0 Å². The van der Waals surface area contributed by atoms with E-state index in [2.05, 4.69) is 17.3 Å². The number of nitrogens with zero attached hydrogens (tertiary/aromatic N) is 2. The molecule has 5 heteroatoms. The number of anilines is 1. The van der Waals surface area contributed by atoms with Crippen molar-refractivity contribution in [3.63, 3.8) is 0 Å². The second-order valence-electron chi connectivity index (χ2n) is 4.35. The van der Waals surface area contributed by atoms with Gasteiger partial charge in [0.1, 0.15) is 0 Å². The van der Waals surface area contributed by atoms with Crippen LogP contribution in [0.15, 0.2) is 36.5 Å². The van der Waals surface area contributed by atoms with Crippen molar-refractivity contribution in [2.75, 3.05) is 12.3 Å². The lowest BCUT2D eigenvalue weighted by Gasteiger charge is -2.02. The fourth-order valence-corrected chi connectivity index (χ4v) is 1.69. The molecule has 1 heterocycles. The van der Waals surface area contributed by atoms with Gasteiger partial charge in [-0.05, 0) is 36.8 Å². The molecule has 0 unspecified atom stereocenters. The number of unbranched alkanes of at least 4 members (excludes halogenated alkanes) is 1. The van der Waals surface area contributed by atoms with Gasteiger partial charge >= 0.3 is 0 Å². The number of aromatic nitrogens is 2. The molecule has 3 N–H and O–H groups in total. The molecule has 0 atom stereocenters. The molecule has 1 amide bonds. The summed E-state index contributed by atoms with van der Waals surface area (Å²) in [6.45, 7) is 2.77. The number of nitrogens with two attached hydrogens (primary N) is 1. The van der Waals surface area contributed by atoms with Gasteiger partial charge < -0.3 is 11.1 Å². The zero-order valence-electron chi connectivity index (χ0n) is 11.0. The first-order valence-electron chi connectivity index (χ1n) is 6.40. The molecule has 0 aliphatic rings. The van der Waals surface area contributed by atoms with Crippen molar-refractivity contribution in [1.29, 1.82) is 0 Å². The molecule has 5 nitrogen and oxygen atoms in total. The largest absolute Gasteiger partial charge is 0.399 e. The Morgan fingerprint density at radius 1 is 1.32 bits per heavy atom. The second kappa shape index (κ2) is 6.04. The molecule has 0 spiro atoms. The van der Waals surface area contributed by atoms with E-state index in [1.807, 2.05) is 12.1 Å². The molecule has 0 aliphatic carbocycles. The van der Waals surface area contributed by atoms with Gasteiger partial charge in [-0.1, -0.05) is 13.3 Å². The van der Waals surface area contributed by atoms with Crippen molar-refractivity contribution in [3.8, 4) is 5.69 Å². The van der Waals surface area contributed by atoms with Crippen LogP contribution in [0.3, 0.4) is 0 Å². The van der Waals surface area contributed by atoms with E-state index in [4.69, 9.17) is 5.73 Å². The van der Waals surface area contributed by atoms with E-state index < -0.39 is 0 Å². The molecule has 100 valence electrons. The van der Waals surface area contributed by atoms with E-state index in [9.17, 15) is 4.79 Å². The Labute approximate surface area is 112 Å². The summed E-state index contributed by atoms with van der Waals surface area (Å²) in [5, 5.41) is 7.09. The van der Waals surface area contributed by atoms with Crippen LogP contribution in [0.5, 0.6) is 0 Å². The fourth-order valence-electron chi connectivity index (χ4n) is 1.69. The summed E-state index contributed by atoms with van der Waals surface area (Å²) >= 11 is 0. The Kier molecular flexibility index (Phi) is 4.18. The molecule has 0 bridgehead atoms. The molecule has 2 aromatic rings. The van der Waals surface area contributed by atoms with Crippen LogP contribution in [0.25, 0.3) is 5.69 Å². The monoisotopic (exact) mass is 258 g/mol. The second-order valence-corrected chi connectivity index (χ2v) is 4.35. The zero-order valence-corrected chi connectivity index (χ0v) is 11.0. The first-order chi connectivity index (χ1) is 9.20. The van der Waals surface area contributed by atoms with Gasteiger partial charge in [0.2, 0.25) is 0 Å². The van der Waals surface area contributed by atoms with Crippen LogP contribution in [0, 0.1) is 0 Å². The van der Waals surface area contributed by atoms with Gasteiger partial charge in [-0.25, -0.2) is 4.68 Å². The molecule has 1 aromatic carbocycles. The quantitative estimate of drug-likeness (QED) is 0.636. The lowest BCUT2D eigenvalue weighted by molar-refractivity contribution is 0.0948. The van der Waals surface area contributed by atoms with E-state index >= 15 is 0 Å². The number of carbonyl (C=O) groups excluding carboxylic acids is 1. The Morgan fingerprint density at radius 3 is 2.74 bits per heavy atom. The Balaban J connectivity index is 2.06. The third kappa shape index (κ3) is 3.34. The number of hydrogen-bond donors (Lipinski definition) is 2. The number of carbonyl (C=O) groups is 1. The van der Waals surface area contributed by atoms with Crippen LogP contribution in [0.4, 0.5) is 5.69 Å². The van der Waals surface area contributed by atoms with E-state index in [-0.39, 0.29) is 5.91 Å². The highest BCUT2D eigenvalue weighted by Crippen LogP contribution is 2.10. The highest BCUT2D eigenvalue weighted by atomic mass is 16.1. The average molecular weight is 258 g/mol. The van der Waals surface area contributed by atoms with Gasteiger partial charge in [-0.2, -0.15) is 5.10 Å². The van der Waals surface area contributed by atoms with Gasteiger partial charge in [0.05, 0.1) is 5.69 Å². The smallest absolute Gasteiger partial charge is 0.271 e. The first kappa shape index (κ1) is 13.1. The Hall–Kier alpha value is -2.30. The maximum absolute atomic E-state index is 11.8. The molecule has 0 saturated heterocycles. The number of amides is 1. The SMILES string of the molecule is CCCCNC(=O)c1ccn(-c2ccc(N)cc2)n1. The lowest BCUT2D eigenvalue weighted by Crippen LogP contribution is -2.24. The highest BCUT2D eigenvalue weighted by molar-refractivity contribution is 5.92. The fraction of sp³-hybridized carbons (Fsp3) is 0.286. The third-order valence-electron chi connectivity index (χ3n) is 2.80. The van der Waals surface area contributed by atoms with Crippen molar-refractivity contribution in [2.24, 2.45) is 0 Å². The molecule has 0 fully saturated rings. The van der Waals surface area contributed by atoms with Crippen molar-refractivity contribution in [3.05, 3.63) is 42.2 Å². The first-order valence-corrected chi connectivity index (χ1v) is 6.40. The average Bonchev–Trinajstić information content (AvgIpc) is 2.89. The van der Waals surface area contributed by atoms with Crippen molar-refractivity contribution < 1.29 is 4.79 Å². The number of hydrogen-bond acceptors (Lipinski definition) is 3. The summed E-state index contributed by atoms with van der Waals surface area (Å²) in [6, 6.07) is 9.04. The minimum atomic E-state index is -0.136. The van der Waals surface area contributed by atoms with Crippen LogP contribution in [-0.4, -0.2) is 22.2 Å².